The summed E-state index contributed by atoms with van der Waals surface area (Å²) in [7, 11) is -1.59. The number of nitrogens with one attached hydrogen (secondary N) is 1. The highest BCUT2D eigenvalue weighted by molar-refractivity contribution is 7.88. The largest absolute Gasteiger partial charge is 0.385 e. The molecule has 5 heteroatoms. The van der Waals surface area contributed by atoms with Gasteiger partial charge in [-0.1, -0.05) is 29.8 Å². The molecular formula is C13H21NO3S. The Morgan fingerprint density at radius 1 is 1.17 bits per heavy atom. The molecule has 0 atom stereocenters. The first-order chi connectivity index (χ1) is 8.53. The van der Waals surface area contributed by atoms with Gasteiger partial charge in [0.25, 0.3) is 0 Å². The number of hydrogen-bond donors (Lipinski definition) is 1. The van der Waals surface area contributed by atoms with Gasteiger partial charge in [0.05, 0.1) is 5.75 Å². The molecule has 1 rings (SSSR count). The first-order valence-electron chi connectivity index (χ1n) is 6.05. The van der Waals surface area contributed by atoms with Gasteiger partial charge in [-0.3, -0.25) is 0 Å². The van der Waals surface area contributed by atoms with E-state index in [4.69, 9.17) is 4.74 Å². The van der Waals surface area contributed by atoms with Crippen LogP contribution in [0.4, 0.5) is 0 Å². The molecule has 0 saturated carbocycles. The summed E-state index contributed by atoms with van der Waals surface area (Å²) in [5, 5.41) is 0. The zero-order valence-electron chi connectivity index (χ0n) is 11.0. The highest BCUT2D eigenvalue weighted by atomic mass is 32.2. The monoisotopic (exact) mass is 271 g/mol. The summed E-state index contributed by atoms with van der Waals surface area (Å²) in [5.41, 5.74) is 1.94. The summed E-state index contributed by atoms with van der Waals surface area (Å²) < 4.78 is 31.1. The Hall–Kier alpha value is -0.910. The molecule has 0 unspecified atom stereocenters. The van der Waals surface area contributed by atoms with E-state index in [1.807, 2.05) is 31.2 Å². The van der Waals surface area contributed by atoms with Crippen LogP contribution in [0.3, 0.4) is 0 Å². The molecule has 102 valence electrons. The van der Waals surface area contributed by atoms with E-state index in [0.717, 1.165) is 24.0 Å². The molecule has 0 amide bonds. The fourth-order valence-corrected chi connectivity index (χ4v) is 2.74. The second-order valence-corrected chi connectivity index (χ2v) is 6.15. The maximum Gasteiger partial charge on any atom is 0.215 e. The van der Waals surface area contributed by atoms with Crippen molar-refractivity contribution < 1.29 is 13.2 Å². The SMILES string of the molecule is COCCCCNS(=O)(=O)Cc1ccc(C)cc1. The minimum absolute atomic E-state index is 0.0392. The molecule has 18 heavy (non-hydrogen) atoms. The number of benzene rings is 1. The van der Waals surface area contributed by atoms with Crippen LogP contribution >= 0.6 is 0 Å². The number of unbranched alkanes of at least 4 members (excludes halogenated alkanes) is 1. The van der Waals surface area contributed by atoms with Crippen molar-refractivity contribution in [1.29, 1.82) is 0 Å². The number of aryl methyl sites for hydroxylation is 1. The summed E-state index contributed by atoms with van der Waals surface area (Å²) in [6.45, 7) is 3.11. The van der Waals surface area contributed by atoms with Gasteiger partial charge < -0.3 is 4.74 Å². The first kappa shape index (κ1) is 15.1. The molecule has 0 aliphatic heterocycles. The van der Waals surface area contributed by atoms with Gasteiger partial charge in [-0.25, -0.2) is 13.1 Å². The van der Waals surface area contributed by atoms with E-state index in [2.05, 4.69) is 4.72 Å². The van der Waals surface area contributed by atoms with Crippen LogP contribution in [-0.2, 0) is 20.5 Å². The van der Waals surface area contributed by atoms with Crippen molar-refractivity contribution in [3.05, 3.63) is 35.4 Å². The van der Waals surface area contributed by atoms with Gasteiger partial charge in [0.2, 0.25) is 10.0 Å². The van der Waals surface area contributed by atoms with E-state index in [-0.39, 0.29) is 5.75 Å². The van der Waals surface area contributed by atoms with Gasteiger partial charge >= 0.3 is 0 Å². The normalized spacial score (nSPS) is 11.7. The predicted octanol–water partition coefficient (Wildman–Crippen LogP) is 1.84. The number of methoxy groups -OCH3 is 1. The lowest BCUT2D eigenvalue weighted by Gasteiger charge is -2.07. The second-order valence-electron chi connectivity index (χ2n) is 4.34. The standard InChI is InChI=1S/C13H21NO3S/c1-12-5-7-13(8-6-12)11-18(15,16)14-9-3-4-10-17-2/h5-8,14H,3-4,9-11H2,1-2H3. The van der Waals surface area contributed by atoms with Crippen LogP contribution < -0.4 is 4.72 Å². The Bertz CT molecular complexity index is 440. The molecule has 0 aliphatic carbocycles. The van der Waals surface area contributed by atoms with Gasteiger partial charge in [-0.15, -0.1) is 0 Å². The maximum absolute atomic E-state index is 11.8. The summed E-state index contributed by atoms with van der Waals surface area (Å²) >= 11 is 0. The Morgan fingerprint density at radius 3 is 2.44 bits per heavy atom. The van der Waals surface area contributed by atoms with Gasteiger partial charge in [0.1, 0.15) is 0 Å². The van der Waals surface area contributed by atoms with Crippen molar-refractivity contribution in [2.75, 3.05) is 20.3 Å². The van der Waals surface area contributed by atoms with E-state index < -0.39 is 10.0 Å². The number of hydrogen-bond acceptors (Lipinski definition) is 3. The van der Waals surface area contributed by atoms with Crippen LogP contribution in [0.2, 0.25) is 0 Å². The minimum atomic E-state index is -3.23. The smallest absolute Gasteiger partial charge is 0.215 e. The zero-order valence-corrected chi connectivity index (χ0v) is 11.8. The third-order valence-electron chi connectivity index (χ3n) is 2.57. The van der Waals surface area contributed by atoms with E-state index in [0.29, 0.717) is 13.2 Å². The Kier molecular flexibility index (Phi) is 6.32. The lowest BCUT2D eigenvalue weighted by atomic mass is 10.2. The molecule has 0 aromatic heterocycles. The molecule has 0 bridgehead atoms. The van der Waals surface area contributed by atoms with Gasteiger partial charge in [-0.05, 0) is 25.3 Å². The van der Waals surface area contributed by atoms with Crippen LogP contribution in [0.25, 0.3) is 0 Å². The molecule has 0 spiro atoms. The van der Waals surface area contributed by atoms with E-state index in [9.17, 15) is 8.42 Å². The number of sulfonamides is 1. The lowest BCUT2D eigenvalue weighted by molar-refractivity contribution is 0.193. The number of ether oxygens (including phenoxy) is 1. The van der Waals surface area contributed by atoms with E-state index in [1.165, 1.54) is 0 Å². The molecule has 0 radical (unpaired) electrons. The van der Waals surface area contributed by atoms with Crippen LogP contribution in [-0.4, -0.2) is 28.7 Å². The van der Waals surface area contributed by atoms with Gasteiger partial charge in [-0.2, -0.15) is 0 Å². The fraction of sp³-hybridized carbons (Fsp3) is 0.538. The molecule has 0 aliphatic rings. The average Bonchev–Trinajstić information content (AvgIpc) is 2.31. The molecular weight excluding hydrogens is 250 g/mol. The zero-order chi connectivity index (χ0) is 13.4. The van der Waals surface area contributed by atoms with Crippen LogP contribution in [0, 0.1) is 6.92 Å². The third kappa shape index (κ3) is 6.14. The van der Waals surface area contributed by atoms with Crippen molar-refractivity contribution in [3.63, 3.8) is 0 Å². The molecule has 1 aromatic carbocycles. The van der Waals surface area contributed by atoms with E-state index >= 15 is 0 Å². The topological polar surface area (TPSA) is 55.4 Å². The summed E-state index contributed by atoms with van der Waals surface area (Å²) in [5.74, 6) is 0.0392. The molecule has 0 heterocycles. The van der Waals surface area contributed by atoms with Crippen LogP contribution in [0.5, 0.6) is 0 Å². The van der Waals surface area contributed by atoms with Gasteiger partial charge in [0, 0.05) is 20.3 Å². The van der Waals surface area contributed by atoms with Crippen molar-refractivity contribution in [2.24, 2.45) is 0 Å². The Labute approximate surface area is 109 Å². The summed E-state index contributed by atoms with van der Waals surface area (Å²) in [4.78, 5) is 0. The highest BCUT2D eigenvalue weighted by Gasteiger charge is 2.10. The van der Waals surface area contributed by atoms with Crippen molar-refractivity contribution in [3.8, 4) is 0 Å². The Balaban J connectivity index is 2.37. The summed E-state index contributed by atoms with van der Waals surface area (Å²) in [6.07, 6.45) is 1.66. The molecule has 1 N–H and O–H groups in total. The highest BCUT2D eigenvalue weighted by Crippen LogP contribution is 2.07. The van der Waals surface area contributed by atoms with Crippen molar-refractivity contribution in [2.45, 2.75) is 25.5 Å². The lowest BCUT2D eigenvalue weighted by Crippen LogP contribution is -2.26. The van der Waals surface area contributed by atoms with Crippen LogP contribution in [0.1, 0.15) is 24.0 Å². The quantitative estimate of drug-likeness (QED) is 0.734. The Morgan fingerprint density at radius 2 is 1.83 bits per heavy atom. The molecule has 1 aromatic rings. The second kappa shape index (κ2) is 7.51. The summed E-state index contributed by atoms with van der Waals surface area (Å²) in [6, 6.07) is 7.53. The maximum atomic E-state index is 11.8. The molecule has 4 nitrogen and oxygen atoms in total. The predicted molar refractivity (Wildman–Crippen MR) is 72.9 cm³/mol. The number of rotatable bonds is 8. The van der Waals surface area contributed by atoms with Crippen molar-refractivity contribution in [1.82, 2.24) is 4.72 Å². The first-order valence-corrected chi connectivity index (χ1v) is 7.70. The third-order valence-corrected chi connectivity index (χ3v) is 3.93. The fourth-order valence-electron chi connectivity index (χ4n) is 1.55. The van der Waals surface area contributed by atoms with Crippen LogP contribution in [0.15, 0.2) is 24.3 Å². The van der Waals surface area contributed by atoms with E-state index in [1.54, 1.807) is 7.11 Å². The molecule has 0 fully saturated rings. The minimum Gasteiger partial charge on any atom is -0.385 e. The average molecular weight is 271 g/mol. The molecule has 0 saturated heterocycles. The van der Waals surface area contributed by atoms with Gasteiger partial charge in [0.15, 0.2) is 0 Å². The van der Waals surface area contributed by atoms with Crippen molar-refractivity contribution >= 4 is 10.0 Å².